The van der Waals surface area contributed by atoms with Crippen LogP contribution < -0.4 is 5.32 Å². The maximum atomic E-state index is 12.8. The first-order valence-electron chi connectivity index (χ1n) is 6.99. The van der Waals surface area contributed by atoms with Crippen LogP contribution in [-0.4, -0.2) is 38.5 Å². The zero-order valence-corrected chi connectivity index (χ0v) is 14.8. The maximum absolute atomic E-state index is 12.8. The number of anilines is 1. The van der Waals surface area contributed by atoms with Gasteiger partial charge in [-0.05, 0) is 54.8 Å². The predicted molar refractivity (Wildman–Crippen MR) is 93.1 cm³/mol. The van der Waals surface area contributed by atoms with E-state index in [0.29, 0.717) is 5.69 Å². The number of thioether (sulfide) groups is 1. The molecule has 0 radical (unpaired) electrons. The Hall–Kier alpha value is -1.90. The molecule has 8 heteroatoms. The third-order valence-corrected chi connectivity index (χ3v) is 5.82. The number of amides is 1. The number of hydrogen-bond acceptors (Lipinski definition) is 4. The normalized spacial score (nSPS) is 11.5. The molecule has 0 aliphatic heterocycles. The van der Waals surface area contributed by atoms with Crippen molar-refractivity contribution >= 4 is 33.4 Å². The Bertz CT molecular complexity index is 806. The minimum absolute atomic E-state index is 0.123. The summed E-state index contributed by atoms with van der Waals surface area (Å²) in [6.07, 6.45) is 1.90. The Morgan fingerprint density at radius 2 is 1.71 bits per heavy atom. The lowest BCUT2D eigenvalue weighted by molar-refractivity contribution is -0.116. The molecule has 1 amide bonds. The van der Waals surface area contributed by atoms with Gasteiger partial charge in [-0.3, -0.25) is 4.79 Å². The van der Waals surface area contributed by atoms with Crippen LogP contribution in [0.5, 0.6) is 0 Å². The largest absolute Gasteiger partial charge is 0.325 e. The van der Waals surface area contributed by atoms with Crippen LogP contribution in [0.25, 0.3) is 0 Å². The second-order valence-electron chi connectivity index (χ2n) is 4.99. The van der Waals surface area contributed by atoms with E-state index in [1.165, 1.54) is 55.2 Å². The molecule has 2 rings (SSSR count). The van der Waals surface area contributed by atoms with E-state index in [1.807, 2.05) is 6.26 Å². The van der Waals surface area contributed by atoms with Crippen LogP contribution >= 0.6 is 11.8 Å². The summed E-state index contributed by atoms with van der Waals surface area (Å²) in [6, 6.07) is 11.7. The van der Waals surface area contributed by atoms with Gasteiger partial charge in [0.25, 0.3) is 0 Å². The number of hydrogen-bond donors (Lipinski definition) is 1. The van der Waals surface area contributed by atoms with Gasteiger partial charge in [-0.25, -0.2) is 12.8 Å². The number of likely N-dealkylation sites (N-methyl/N-ethyl adjacent to an activating group) is 1. The number of sulfonamides is 1. The molecular formula is C16H17FN2O3S2. The lowest BCUT2D eigenvalue weighted by Gasteiger charge is -2.17. The summed E-state index contributed by atoms with van der Waals surface area (Å²) in [5.74, 6) is -0.921. The minimum Gasteiger partial charge on any atom is -0.325 e. The molecule has 0 aliphatic carbocycles. The molecular weight excluding hydrogens is 351 g/mol. The van der Waals surface area contributed by atoms with Crippen molar-refractivity contribution in [2.45, 2.75) is 9.79 Å². The Labute approximate surface area is 144 Å². The third-order valence-electron chi connectivity index (χ3n) is 3.26. The standard InChI is InChI=1S/C16H17FN2O3S2/c1-19(11-16(20)18-13-5-3-12(17)4-6-13)24(21,22)15-9-7-14(23-2)8-10-15/h3-10H,11H2,1-2H3,(H,18,20). The van der Waals surface area contributed by atoms with Crippen molar-refractivity contribution in [1.82, 2.24) is 4.31 Å². The Balaban J connectivity index is 2.05. The van der Waals surface area contributed by atoms with Crippen LogP contribution in [0.4, 0.5) is 10.1 Å². The summed E-state index contributed by atoms with van der Waals surface area (Å²) in [5.41, 5.74) is 0.400. The molecule has 0 unspecified atom stereocenters. The lowest BCUT2D eigenvalue weighted by atomic mass is 10.3. The van der Waals surface area contributed by atoms with Gasteiger partial charge in [0.1, 0.15) is 5.82 Å². The first kappa shape index (κ1) is 18.4. The highest BCUT2D eigenvalue weighted by Gasteiger charge is 2.22. The number of benzene rings is 2. The average molecular weight is 368 g/mol. The third kappa shape index (κ3) is 4.56. The van der Waals surface area contributed by atoms with Gasteiger partial charge in [0.05, 0.1) is 11.4 Å². The number of carbonyl (C=O) groups is 1. The van der Waals surface area contributed by atoms with Crippen molar-refractivity contribution in [3.63, 3.8) is 0 Å². The van der Waals surface area contributed by atoms with E-state index in [9.17, 15) is 17.6 Å². The van der Waals surface area contributed by atoms with Crippen LogP contribution in [0.15, 0.2) is 58.3 Å². The first-order valence-corrected chi connectivity index (χ1v) is 9.65. The minimum atomic E-state index is -3.75. The van der Waals surface area contributed by atoms with E-state index >= 15 is 0 Å². The monoisotopic (exact) mass is 368 g/mol. The molecule has 0 saturated heterocycles. The van der Waals surface area contributed by atoms with Crippen molar-refractivity contribution in [3.8, 4) is 0 Å². The summed E-state index contributed by atoms with van der Waals surface area (Å²) in [6.45, 7) is -0.343. The molecule has 0 heterocycles. The van der Waals surface area contributed by atoms with Crippen molar-refractivity contribution in [3.05, 3.63) is 54.3 Å². The fourth-order valence-corrected chi connectivity index (χ4v) is 3.48. The highest BCUT2D eigenvalue weighted by Crippen LogP contribution is 2.20. The van der Waals surface area contributed by atoms with Crippen molar-refractivity contribution in [1.29, 1.82) is 0 Å². The summed E-state index contributed by atoms with van der Waals surface area (Å²) in [7, 11) is -2.42. The molecule has 1 N–H and O–H groups in total. The molecule has 2 aromatic carbocycles. The second kappa shape index (κ2) is 7.78. The van der Waals surface area contributed by atoms with E-state index < -0.39 is 21.7 Å². The Morgan fingerprint density at radius 3 is 2.25 bits per heavy atom. The topological polar surface area (TPSA) is 66.5 Å². The van der Waals surface area contributed by atoms with Gasteiger partial charge in [-0.15, -0.1) is 11.8 Å². The Kier molecular flexibility index (Phi) is 5.98. The molecule has 0 fully saturated rings. The van der Waals surface area contributed by atoms with E-state index in [1.54, 1.807) is 12.1 Å². The number of rotatable bonds is 6. The zero-order chi connectivity index (χ0) is 17.7. The fraction of sp³-hybridized carbons (Fsp3) is 0.188. The smallest absolute Gasteiger partial charge is 0.243 e. The number of nitrogens with zero attached hydrogens (tertiary/aromatic N) is 1. The predicted octanol–water partition coefficient (Wildman–Crippen LogP) is 2.81. The second-order valence-corrected chi connectivity index (χ2v) is 7.92. The van der Waals surface area contributed by atoms with Gasteiger partial charge < -0.3 is 5.32 Å². The van der Waals surface area contributed by atoms with Crippen LogP contribution in [0, 0.1) is 5.82 Å². The van der Waals surface area contributed by atoms with Crippen LogP contribution in [0.1, 0.15) is 0 Å². The molecule has 2 aromatic rings. The molecule has 0 spiro atoms. The fourth-order valence-electron chi connectivity index (χ4n) is 1.95. The van der Waals surface area contributed by atoms with Crippen LogP contribution in [0.2, 0.25) is 0 Å². The first-order chi connectivity index (χ1) is 11.3. The van der Waals surface area contributed by atoms with Gasteiger partial charge in [0.15, 0.2) is 0 Å². The summed E-state index contributed by atoms with van der Waals surface area (Å²) >= 11 is 1.51. The van der Waals surface area contributed by atoms with E-state index in [2.05, 4.69) is 5.32 Å². The number of halogens is 1. The molecule has 0 atom stereocenters. The number of carbonyl (C=O) groups excluding carboxylic acids is 1. The van der Waals surface area contributed by atoms with E-state index in [0.717, 1.165) is 9.20 Å². The van der Waals surface area contributed by atoms with Crippen LogP contribution in [-0.2, 0) is 14.8 Å². The molecule has 0 aliphatic rings. The molecule has 5 nitrogen and oxygen atoms in total. The lowest BCUT2D eigenvalue weighted by Crippen LogP contribution is -2.34. The summed E-state index contributed by atoms with van der Waals surface area (Å²) in [5, 5.41) is 2.53. The highest BCUT2D eigenvalue weighted by molar-refractivity contribution is 7.98. The summed E-state index contributed by atoms with van der Waals surface area (Å²) < 4.78 is 38.7. The van der Waals surface area contributed by atoms with Gasteiger partial charge in [0.2, 0.25) is 15.9 Å². The SMILES string of the molecule is CSc1ccc(S(=O)(=O)N(C)CC(=O)Nc2ccc(F)cc2)cc1. The average Bonchev–Trinajstić information content (AvgIpc) is 2.57. The van der Waals surface area contributed by atoms with Gasteiger partial charge in [0, 0.05) is 17.6 Å². The summed E-state index contributed by atoms with van der Waals surface area (Å²) in [4.78, 5) is 13.0. The van der Waals surface area contributed by atoms with Gasteiger partial charge in [-0.1, -0.05) is 0 Å². The molecule has 0 bridgehead atoms. The number of nitrogens with one attached hydrogen (secondary N) is 1. The van der Waals surface area contributed by atoms with Crippen molar-refractivity contribution < 1.29 is 17.6 Å². The molecule has 24 heavy (non-hydrogen) atoms. The maximum Gasteiger partial charge on any atom is 0.243 e. The molecule has 0 saturated carbocycles. The Morgan fingerprint density at radius 1 is 1.12 bits per heavy atom. The van der Waals surface area contributed by atoms with Crippen molar-refractivity contribution in [2.24, 2.45) is 0 Å². The molecule has 128 valence electrons. The van der Waals surface area contributed by atoms with Gasteiger partial charge >= 0.3 is 0 Å². The zero-order valence-electron chi connectivity index (χ0n) is 13.2. The molecule has 0 aromatic heterocycles. The van der Waals surface area contributed by atoms with Crippen LogP contribution in [0.3, 0.4) is 0 Å². The van der Waals surface area contributed by atoms with Crippen molar-refractivity contribution in [2.75, 3.05) is 25.2 Å². The quantitative estimate of drug-likeness (QED) is 0.796. The van der Waals surface area contributed by atoms with E-state index in [4.69, 9.17) is 0 Å². The van der Waals surface area contributed by atoms with Gasteiger partial charge in [-0.2, -0.15) is 4.31 Å². The highest BCUT2D eigenvalue weighted by atomic mass is 32.2. The van der Waals surface area contributed by atoms with E-state index in [-0.39, 0.29) is 11.4 Å².